The zero-order chi connectivity index (χ0) is 16.7. The molecule has 0 saturated carbocycles. The summed E-state index contributed by atoms with van der Waals surface area (Å²) in [7, 11) is 1.43. The first-order chi connectivity index (χ1) is 10.9. The number of phenols is 3. The van der Waals surface area contributed by atoms with E-state index in [0.717, 1.165) is 0 Å². The fourth-order valence-electron chi connectivity index (χ4n) is 2.64. The van der Waals surface area contributed by atoms with Crippen LogP contribution in [0.15, 0.2) is 24.3 Å². The minimum absolute atomic E-state index is 0.00954. The summed E-state index contributed by atoms with van der Waals surface area (Å²) in [6.07, 6.45) is -0.551. The molecule has 0 aliphatic carbocycles. The topological polar surface area (TPSA) is 96.2 Å². The van der Waals surface area contributed by atoms with E-state index in [2.05, 4.69) is 0 Å². The molecule has 6 heteroatoms. The lowest BCUT2D eigenvalue weighted by Crippen LogP contribution is -2.20. The van der Waals surface area contributed by atoms with Crippen molar-refractivity contribution in [1.29, 1.82) is 0 Å². The highest BCUT2D eigenvalue weighted by Gasteiger charge is 2.32. The average Bonchev–Trinajstić information content (AvgIpc) is 2.52. The highest BCUT2D eigenvalue weighted by Crippen LogP contribution is 2.44. The van der Waals surface area contributed by atoms with Gasteiger partial charge in [0, 0.05) is 11.6 Å². The lowest BCUT2D eigenvalue weighted by molar-refractivity contribution is 0.0844. The molecule has 2 aromatic carbocycles. The summed E-state index contributed by atoms with van der Waals surface area (Å²) >= 11 is 0. The van der Waals surface area contributed by atoms with Gasteiger partial charge in [-0.15, -0.1) is 0 Å². The first-order valence-corrected chi connectivity index (χ1v) is 7.04. The third-order valence-electron chi connectivity index (χ3n) is 3.98. The lowest BCUT2D eigenvalue weighted by Gasteiger charge is -2.27. The molecule has 1 aliphatic heterocycles. The van der Waals surface area contributed by atoms with E-state index in [0.29, 0.717) is 5.56 Å². The van der Waals surface area contributed by atoms with Crippen molar-refractivity contribution >= 4 is 5.78 Å². The second-order valence-corrected chi connectivity index (χ2v) is 5.41. The Kier molecular flexibility index (Phi) is 3.52. The smallest absolute Gasteiger partial charge is 0.174 e. The Bertz CT molecular complexity index is 796. The van der Waals surface area contributed by atoms with Crippen LogP contribution in [0, 0.1) is 6.92 Å². The van der Waals surface area contributed by atoms with Gasteiger partial charge in [-0.2, -0.15) is 0 Å². The van der Waals surface area contributed by atoms with Crippen molar-refractivity contribution in [3.05, 3.63) is 41.0 Å². The lowest BCUT2D eigenvalue weighted by atomic mass is 9.94. The van der Waals surface area contributed by atoms with Crippen LogP contribution in [0.1, 0.15) is 34.0 Å². The summed E-state index contributed by atoms with van der Waals surface area (Å²) in [5.74, 6) is -0.267. The van der Waals surface area contributed by atoms with Crippen LogP contribution in [0.3, 0.4) is 0 Å². The number of hydrogen-bond donors (Lipinski definition) is 3. The minimum atomic E-state index is -0.592. The summed E-state index contributed by atoms with van der Waals surface area (Å²) < 4.78 is 10.8. The Labute approximate surface area is 132 Å². The number of Topliss-reactive ketones (excluding diaryl/α,β-unsaturated/α-hetero) is 1. The molecule has 0 amide bonds. The van der Waals surface area contributed by atoms with Gasteiger partial charge in [0.25, 0.3) is 0 Å². The summed E-state index contributed by atoms with van der Waals surface area (Å²) in [4.78, 5) is 12.4. The highest BCUT2D eigenvalue weighted by molar-refractivity contribution is 6.03. The summed E-state index contributed by atoms with van der Waals surface area (Å²) in [5, 5.41) is 29.5. The molecule has 1 heterocycles. The molecule has 2 aromatic rings. The summed E-state index contributed by atoms with van der Waals surface area (Å²) in [6.45, 7) is 1.52. The van der Waals surface area contributed by atoms with E-state index in [4.69, 9.17) is 9.47 Å². The Hall–Kier alpha value is -2.89. The predicted molar refractivity (Wildman–Crippen MR) is 81.5 cm³/mol. The van der Waals surface area contributed by atoms with E-state index in [1.165, 1.54) is 26.2 Å². The molecule has 0 aromatic heterocycles. The van der Waals surface area contributed by atoms with E-state index in [1.54, 1.807) is 12.1 Å². The van der Waals surface area contributed by atoms with Crippen LogP contribution in [0.25, 0.3) is 0 Å². The number of carbonyl (C=O) groups is 1. The van der Waals surface area contributed by atoms with Gasteiger partial charge in [0.1, 0.15) is 28.9 Å². The predicted octanol–water partition coefficient (Wildman–Crippen LogP) is 2.83. The number of ketones is 1. The molecule has 3 N–H and O–H groups in total. The number of carbonyl (C=O) groups excluding carboxylic acids is 1. The molecule has 1 aliphatic rings. The second kappa shape index (κ2) is 5.39. The van der Waals surface area contributed by atoms with Gasteiger partial charge >= 0.3 is 0 Å². The van der Waals surface area contributed by atoms with E-state index >= 15 is 0 Å². The van der Waals surface area contributed by atoms with Gasteiger partial charge in [-0.05, 0) is 24.6 Å². The van der Waals surface area contributed by atoms with Crippen LogP contribution in [0.5, 0.6) is 28.7 Å². The molecular weight excluding hydrogens is 300 g/mol. The maximum atomic E-state index is 12.4. The molecule has 0 fully saturated rings. The van der Waals surface area contributed by atoms with Crippen molar-refractivity contribution in [1.82, 2.24) is 0 Å². The van der Waals surface area contributed by atoms with E-state index in [1.807, 2.05) is 0 Å². The van der Waals surface area contributed by atoms with Crippen LogP contribution in [-0.4, -0.2) is 28.2 Å². The number of aromatic hydroxyl groups is 3. The number of fused-ring (bicyclic) bond motifs is 1. The standard InChI is InChI=1S/C17H16O6/c1-8-11(19)6-15-16(17(8)21)12(20)7-13(23-15)9-3-4-10(18)14(5-9)22-2/h3-6,13,18-19,21H,7H2,1-2H3/t13-/m1/s1. The summed E-state index contributed by atoms with van der Waals surface area (Å²) in [5.41, 5.74) is 0.978. The van der Waals surface area contributed by atoms with E-state index < -0.39 is 6.10 Å². The van der Waals surface area contributed by atoms with Crippen molar-refractivity contribution in [2.24, 2.45) is 0 Å². The van der Waals surface area contributed by atoms with Crippen molar-refractivity contribution < 1.29 is 29.6 Å². The van der Waals surface area contributed by atoms with Crippen LogP contribution in [0.2, 0.25) is 0 Å². The number of ether oxygens (including phenoxy) is 2. The van der Waals surface area contributed by atoms with Crippen molar-refractivity contribution in [3.8, 4) is 28.7 Å². The first-order valence-electron chi connectivity index (χ1n) is 7.04. The van der Waals surface area contributed by atoms with Crippen molar-refractivity contribution in [2.75, 3.05) is 7.11 Å². The number of hydrogen-bond acceptors (Lipinski definition) is 6. The molecule has 0 spiro atoms. The van der Waals surface area contributed by atoms with Gasteiger partial charge in [-0.3, -0.25) is 4.79 Å². The molecule has 0 saturated heterocycles. The van der Waals surface area contributed by atoms with Crippen molar-refractivity contribution in [3.63, 3.8) is 0 Å². The highest BCUT2D eigenvalue weighted by atomic mass is 16.5. The Morgan fingerprint density at radius 2 is 1.91 bits per heavy atom. The van der Waals surface area contributed by atoms with Crippen LogP contribution in [0.4, 0.5) is 0 Å². The van der Waals surface area contributed by atoms with Gasteiger partial charge in [0.05, 0.1) is 13.5 Å². The largest absolute Gasteiger partial charge is 0.507 e. The fraction of sp³-hybridized carbons (Fsp3) is 0.235. The number of rotatable bonds is 2. The van der Waals surface area contributed by atoms with Gasteiger partial charge in [0.2, 0.25) is 0 Å². The number of phenolic OH excluding ortho intramolecular Hbond substituents is 3. The second-order valence-electron chi connectivity index (χ2n) is 5.41. The summed E-state index contributed by atoms with van der Waals surface area (Å²) in [6, 6.07) is 6.01. The quantitative estimate of drug-likeness (QED) is 0.788. The van der Waals surface area contributed by atoms with Crippen LogP contribution in [-0.2, 0) is 0 Å². The molecule has 1 atom stereocenters. The third kappa shape index (κ3) is 2.42. The maximum Gasteiger partial charge on any atom is 0.174 e. The van der Waals surface area contributed by atoms with Gasteiger partial charge < -0.3 is 24.8 Å². The normalized spacial score (nSPS) is 16.6. The third-order valence-corrected chi connectivity index (χ3v) is 3.98. The van der Waals surface area contributed by atoms with Crippen LogP contribution >= 0.6 is 0 Å². The molecule has 0 unspecified atom stereocenters. The van der Waals surface area contributed by atoms with Gasteiger partial charge in [-0.25, -0.2) is 0 Å². The number of methoxy groups -OCH3 is 1. The molecule has 0 radical (unpaired) electrons. The monoisotopic (exact) mass is 316 g/mol. The van der Waals surface area contributed by atoms with Crippen LogP contribution < -0.4 is 9.47 Å². The Morgan fingerprint density at radius 3 is 2.61 bits per heavy atom. The zero-order valence-electron chi connectivity index (χ0n) is 12.7. The Morgan fingerprint density at radius 1 is 1.17 bits per heavy atom. The van der Waals surface area contributed by atoms with E-state index in [-0.39, 0.29) is 52.1 Å². The maximum absolute atomic E-state index is 12.4. The van der Waals surface area contributed by atoms with Crippen molar-refractivity contribution in [2.45, 2.75) is 19.4 Å². The SMILES string of the molecule is COc1cc([C@H]2CC(=O)c3c(cc(O)c(C)c3O)O2)ccc1O. The fourth-order valence-corrected chi connectivity index (χ4v) is 2.64. The Balaban J connectivity index is 2.03. The first kappa shape index (κ1) is 15.0. The minimum Gasteiger partial charge on any atom is -0.507 e. The van der Waals surface area contributed by atoms with Gasteiger partial charge in [-0.1, -0.05) is 6.07 Å². The zero-order valence-corrected chi connectivity index (χ0v) is 12.7. The molecule has 23 heavy (non-hydrogen) atoms. The molecule has 120 valence electrons. The molecule has 0 bridgehead atoms. The average molecular weight is 316 g/mol. The molecule has 3 rings (SSSR count). The van der Waals surface area contributed by atoms with E-state index in [9.17, 15) is 20.1 Å². The molecular formula is C17H16O6. The van der Waals surface area contributed by atoms with Gasteiger partial charge in [0.15, 0.2) is 17.3 Å². The molecule has 6 nitrogen and oxygen atoms in total. The number of benzene rings is 2.